The highest BCUT2D eigenvalue weighted by atomic mass is 15.2. The van der Waals surface area contributed by atoms with Crippen LogP contribution in [0.3, 0.4) is 0 Å². The number of rotatable bonds is 4. The molecule has 0 aromatic carbocycles. The normalized spacial score (nSPS) is 38.5. The van der Waals surface area contributed by atoms with E-state index in [4.69, 9.17) is 0 Å². The monoisotopic (exact) mass is 266 g/mol. The van der Waals surface area contributed by atoms with Gasteiger partial charge in [-0.15, -0.1) is 0 Å². The van der Waals surface area contributed by atoms with Gasteiger partial charge in [-0.3, -0.25) is 9.80 Å². The van der Waals surface area contributed by atoms with Crippen LogP contribution in [0.1, 0.15) is 72.6 Å². The second-order valence-corrected chi connectivity index (χ2v) is 7.09. The first-order valence-corrected chi connectivity index (χ1v) is 8.61. The van der Waals surface area contributed by atoms with E-state index >= 15 is 0 Å². The van der Waals surface area contributed by atoms with E-state index in [0.29, 0.717) is 0 Å². The van der Waals surface area contributed by atoms with Crippen LogP contribution in [0.15, 0.2) is 0 Å². The summed E-state index contributed by atoms with van der Waals surface area (Å²) in [6.07, 6.45) is 9.82. The Morgan fingerprint density at radius 1 is 0.632 bits per heavy atom. The summed E-state index contributed by atoms with van der Waals surface area (Å²) in [5, 5.41) is 0. The van der Waals surface area contributed by atoms with Gasteiger partial charge < -0.3 is 0 Å². The van der Waals surface area contributed by atoms with Crippen LogP contribution in [0.25, 0.3) is 0 Å². The molecule has 4 unspecified atom stereocenters. The van der Waals surface area contributed by atoms with Crippen LogP contribution >= 0.6 is 0 Å². The van der Waals surface area contributed by atoms with Gasteiger partial charge in [-0.2, -0.15) is 0 Å². The highest BCUT2D eigenvalue weighted by Gasteiger charge is 2.26. The van der Waals surface area contributed by atoms with Gasteiger partial charge in [0.25, 0.3) is 0 Å². The molecule has 0 bridgehead atoms. The van der Waals surface area contributed by atoms with Crippen LogP contribution < -0.4 is 0 Å². The molecule has 0 aromatic rings. The minimum atomic E-state index is 0.806. The standard InChI is InChI=1S/C17H34N2/c1-14-8-5-9-15(2)18(14)12-7-13-19-16(3)10-6-11-17(19)4/h14-17H,5-13H2,1-4H3. The summed E-state index contributed by atoms with van der Waals surface area (Å²) in [6.45, 7) is 12.3. The van der Waals surface area contributed by atoms with E-state index in [2.05, 4.69) is 37.5 Å². The predicted octanol–water partition coefficient (Wildman–Crippen LogP) is 3.90. The molecule has 0 N–H and O–H groups in total. The largest absolute Gasteiger partial charge is 0.298 e. The van der Waals surface area contributed by atoms with E-state index in [1.165, 1.54) is 58.0 Å². The molecule has 0 aliphatic carbocycles. The zero-order valence-corrected chi connectivity index (χ0v) is 13.6. The van der Waals surface area contributed by atoms with Crippen molar-refractivity contribution in [2.24, 2.45) is 0 Å². The Morgan fingerprint density at radius 2 is 0.947 bits per heavy atom. The quantitative estimate of drug-likeness (QED) is 0.761. The molecule has 0 amide bonds. The summed E-state index contributed by atoms with van der Waals surface area (Å²) in [5.41, 5.74) is 0. The van der Waals surface area contributed by atoms with Gasteiger partial charge in [-0.25, -0.2) is 0 Å². The van der Waals surface area contributed by atoms with Gasteiger partial charge >= 0.3 is 0 Å². The Kier molecular flexibility index (Phi) is 5.70. The Bertz CT molecular complexity index is 220. The SMILES string of the molecule is CC1CCCC(C)N1CCCN1C(C)CCCC1C. The molecule has 0 aromatic heterocycles. The molecule has 19 heavy (non-hydrogen) atoms. The van der Waals surface area contributed by atoms with E-state index in [0.717, 1.165) is 24.2 Å². The summed E-state index contributed by atoms with van der Waals surface area (Å²) >= 11 is 0. The Morgan fingerprint density at radius 3 is 1.26 bits per heavy atom. The maximum atomic E-state index is 2.75. The van der Waals surface area contributed by atoms with Crippen LogP contribution in [0, 0.1) is 0 Å². The molecule has 2 aliphatic rings. The number of nitrogens with zero attached hydrogens (tertiary/aromatic N) is 2. The molecule has 0 spiro atoms. The first-order chi connectivity index (χ1) is 9.09. The summed E-state index contributed by atoms with van der Waals surface area (Å²) in [6, 6.07) is 3.22. The van der Waals surface area contributed by atoms with Crippen molar-refractivity contribution in [3.8, 4) is 0 Å². The maximum absolute atomic E-state index is 2.75. The molecule has 2 fully saturated rings. The molecule has 2 saturated heterocycles. The molecule has 0 saturated carbocycles. The minimum Gasteiger partial charge on any atom is -0.298 e. The molecule has 2 nitrogen and oxygen atoms in total. The molecule has 4 atom stereocenters. The maximum Gasteiger partial charge on any atom is 0.00697 e. The first kappa shape index (κ1) is 15.3. The predicted molar refractivity (Wildman–Crippen MR) is 83.6 cm³/mol. The lowest BCUT2D eigenvalue weighted by atomic mass is 9.96. The Hall–Kier alpha value is -0.0800. The first-order valence-electron chi connectivity index (χ1n) is 8.61. The summed E-state index contributed by atoms with van der Waals surface area (Å²) < 4.78 is 0. The van der Waals surface area contributed by atoms with E-state index in [1.807, 2.05) is 0 Å². The highest BCUT2D eigenvalue weighted by Crippen LogP contribution is 2.24. The van der Waals surface area contributed by atoms with Crippen LogP contribution in [-0.2, 0) is 0 Å². The lowest BCUT2D eigenvalue weighted by Crippen LogP contribution is -2.47. The van der Waals surface area contributed by atoms with Gasteiger partial charge in [0, 0.05) is 24.2 Å². The van der Waals surface area contributed by atoms with Gasteiger partial charge in [0.15, 0.2) is 0 Å². The fourth-order valence-electron chi connectivity index (χ4n) is 4.27. The molecular formula is C17H34N2. The molecular weight excluding hydrogens is 232 g/mol. The molecule has 2 aliphatic heterocycles. The summed E-state index contributed by atoms with van der Waals surface area (Å²) in [4.78, 5) is 5.51. The van der Waals surface area contributed by atoms with Crippen molar-refractivity contribution in [1.29, 1.82) is 0 Å². The van der Waals surface area contributed by atoms with Crippen LogP contribution in [0.5, 0.6) is 0 Å². The fourth-order valence-corrected chi connectivity index (χ4v) is 4.27. The lowest BCUT2D eigenvalue weighted by molar-refractivity contribution is 0.0729. The number of hydrogen-bond acceptors (Lipinski definition) is 2. The lowest BCUT2D eigenvalue weighted by Gasteiger charge is -2.41. The van der Waals surface area contributed by atoms with Crippen molar-refractivity contribution in [3.05, 3.63) is 0 Å². The smallest absolute Gasteiger partial charge is 0.00697 e. The average molecular weight is 266 g/mol. The van der Waals surface area contributed by atoms with Crippen molar-refractivity contribution < 1.29 is 0 Å². The average Bonchev–Trinajstić information content (AvgIpc) is 2.36. The van der Waals surface area contributed by atoms with Gasteiger partial charge in [-0.1, -0.05) is 12.8 Å². The molecule has 2 heterocycles. The Labute approximate surface area is 120 Å². The zero-order valence-electron chi connectivity index (χ0n) is 13.6. The molecule has 2 rings (SSSR count). The molecule has 2 heteroatoms. The second kappa shape index (κ2) is 7.08. The van der Waals surface area contributed by atoms with Crippen molar-refractivity contribution in [2.75, 3.05) is 13.1 Å². The number of piperidine rings is 2. The summed E-state index contributed by atoms with van der Waals surface area (Å²) in [5.74, 6) is 0. The third kappa shape index (κ3) is 3.95. The van der Waals surface area contributed by atoms with E-state index < -0.39 is 0 Å². The van der Waals surface area contributed by atoms with Gasteiger partial charge in [0.2, 0.25) is 0 Å². The second-order valence-electron chi connectivity index (χ2n) is 7.09. The van der Waals surface area contributed by atoms with Crippen molar-refractivity contribution >= 4 is 0 Å². The zero-order chi connectivity index (χ0) is 13.8. The highest BCUT2D eigenvalue weighted by molar-refractivity contribution is 4.82. The van der Waals surface area contributed by atoms with Crippen LogP contribution in [-0.4, -0.2) is 47.1 Å². The minimum absolute atomic E-state index is 0.806. The van der Waals surface area contributed by atoms with E-state index in [-0.39, 0.29) is 0 Å². The molecule has 112 valence electrons. The van der Waals surface area contributed by atoms with Crippen molar-refractivity contribution in [2.45, 2.75) is 96.8 Å². The van der Waals surface area contributed by atoms with Crippen LogP contribution in [0.4, 0.5) is 0 Å². The number of hydrogen-bond donors (Lipinski definition) is 0. The number of likely N-dealkylation sites (tertiary alicyclic amines) is 2. The van der Waals surface area contributed by atoms with Crippen molar-refractivity contribution in [3.63, 3.8) is 0 Å². The third-order valence-electron chi connectivity index (χ3n) is 5.58. The van der Waals surface area contributed by atoms with Gasteiger partial charge in [0.1, 0.15) is 0 Å². The Balaban J connectivity index is 1.75. The van der Waals surface area contributed by atoms with E-state index in [1.54, 1.807) is 0 Å². The van der Waals surface area contributed by atoms with Crippen LogP contribution in [0.2, 0.25) is 0 Å². The fraction of sp³-hybridized carbons (Fsp3) is 1.00. The topological polar surface area (TPSA) is 6.48 Å². The van der Waals surface area contributed by atoms with Gasteiger partial charge in [-0.05, 0) is 72.9 Å². The van der Waals surface area contributed by atoms with E-state index in [9.17, 15) is 0 Å². The third-order valence-corrected chi connectivity index (χ3v) is 5.58. The molecule has 0 radical (unpaired) electrons. The summed E-state index contributed by atoms with van der Waals surface area (Å²) in [7, 11) is 0. The van der Waals surface area contributed by atoms with Gasteiger partial charge in [0.05, 0.1) is 0 Å². The van der Waals surface area contributed by atoms with Crippen molar-refractivity contribution in [1.82, 2.24) is 9.80 Å².